The van der Waals surface area contributed by atoms with Crippen molar-refractivity contribution in [2.24, 2.45) is 11.5 Å². The predicted molar refractivity (Wildman–Crippen MR) is 102 cm³/mol. The highest BCUT2D eigenvalue weighted by molar-refractivity contribution is 5.95. The van der Waals surface area contributed by atoms with Gasteiger partial charge in [-0.15, -0.1) is 0 Å². The van der Waals surface area contributed by atoms with Gasteiger partial charge in [0.15, 0.2) is 0 Å². The molecule has 3 rings (SSSR count). The van der Waals surface area contributed by atoms with Crippen LogP contribution in [0.5, 0.6) is 0 Å². The van der Waals surface area contributed by atoms with E-state index in [-0.39, 0.29) is 0 Å². The first-order valence-electron chi connectivity index (χ1n) is 8.38. The van der Waals surface area contributed by atoms with Crippen LogP contribution in [0.1, 0.15) is 43.0 Å². The first kappa shape index (κ1) is 17.4. The van der Waals surface area contributed by atoms with Crippen LogP contribution in [-0.4, -0.2) is 11.8 Å². The molecule has 0 atom stereocenters. The van der Waals surface area contributed by atoms with Crippen LogP contribution in [0.3, 0.4) is 0 Å². The minimum absolute atomic E-state index is 0.424. The summed E-state index contributed by atoms with van der Waals surface area (Å²) < 4.78 is 0. The lowest BCUT2D eigenvalue weighted by atomic mass is 9.95. The molecule has 3 aromatic rings. The number of primary amides is 2. The number of amides is 2. The second kappa shape index (κ2) is 7.66. The van der Waals surface area contributed by atoms with Crippen molar-refractivity contribution >= 4 is 11.8 Å². The molecular formula is C22H20N2O2. The summed E-state index contributed by atoms with van der Waals surface area (Å²) in [5, 5.41) is 0. The van der Waals surface area contributed by atoms with Crippen LogP contribution in [0.15, 0.2) is 72.8 Å². The highest BCUT2D eigenvalue weighted by atomic mass is 16.1. The molecule has 0 aromatic heterocycles. The van der Waals surface area contributed by atoms with E-state index < -0.39 is 11.8 Å². The van der Waals surface area contributed by atoms with E-state index in [9.17, 15) is 9.59 Å². The molecule has 0 saturated heterocycles. The summed E-state index contributed by atoms with van der Waals surface area (Å²) in [6, 6.07) is 22.8. The van der Waals surface area contributed by atoms with E-state index in [0.29, 0.717) is 24.0 Å². The zero-order valence-electron chi connectivity index (χ0n) is 14.3. The van der Waals surface area contributed by atoms with Crippen molar-refractivity contribution in [3.63, 3.8) is 0 Å². The minimum Gasteiger partial charge on any atom is -0.366 e. The first-order valence-corrected chi connectivity index (χ1v) is 8.38. The van der Waals surface area contributed by atoms with Crippen LogP contribution in [0, 0.1) is 0 Å². The van der Waals surface area contributed by atoms with Crippen molar-refractivity contribution < 1.29 is 9.59 Å². The van der Waals surface area contributed by atoms with E-state index in [1.165, 1.54) is 0 Å². The average Bonchev–Trinajstić information content (AvgIpc) is 2.62. The van der Waals surface area contributed by atoms with E-state index in [2.05, 4.69) is 6.07 Å². The number of hydrogen-bond acceptors (Lipinski definition) is 2. The molecule has 3 aromatic carbocycles. The Hall–Kier alpha value is -3.40. The first-order chi connectivity index (χ1) is 12.5. The SMILES string of the molecule is NC(=O)c1ccccc1Cc1cccc(Cc2ccccc2C(N)=O)c1. The van der Waals surface area contributed by atoms with Crippen LogP contribution in [0.4, 0.5) is 0 Å². The topological polar surface area (TPSA) is 86.2 Å². The second-order valence-corrected chi connectivity index (χ2v) is 6.22. The molecule has 0 heterocycles. The zero-order chi connectivity index (χ0) is 18.5. The van der Waals surface area contributed by atoms with Crippen molar-refractivity contribution in [1.29, 1.82) is 0 Å². The molecule has 4 N–H and O–H groups in total. The molecule has 0 bridgehead atoms. The third-order valence-electron chi connectivity index (χ3n) is 4.35. The van der Waals surface area contributed by atoms with Gasteiger partial charge in [0, 0.05) is 11.1 Å². The van der Waals surface area contributed by atoms with E-state index >= 15 is 0 Å². The lowest BCUT2D eigenvalue weighted by Gasteiger charge is -2.10. The number of rotatable bonds is 6. The molecule has 0 aliphatic rings. The third kappa shape index (κ3) is 3.98. The number of nitrogens with two attached hydrogens (primary N) is 2. The zero-order valence-corrected chi connectivity index (χ0v) is 14.3. The van der Waals surface area contributed by atoms with Gasteiger partial charge in [0.25, 0.3) is 0 Å². The Balaban J connectivity index is 1.86. The van der Waals surface area contributed by atoms with Crippen LogP contribution < -0.4 is 11.5 Å². The monoisotopic (exact) mass is 344 g/mol. The summed E-state index contributed by atoms with van der Waals surface area (Å²) in [5.41, 5.74) is 16.0. The van der Waals surface area contributed by atoms with Gasteiger partial charge in [-0.2, -0.15) is 0 Å². The molecule has 0 fully saturated rings. The second-order valence-electron chi connectivity index (χ2n) is 6.22. The summed E-state index contributed by atoms with van der Waals surface area (Å²) in [6.45, 7) is 0. The molecule has 4 nitrogen and oxygen atoms in total. The third-order valence-corrected chi connectivity index (χ3v) is 4.35. The van der Waals surface area contributed by atoms with Crippen molar-refractivity contribution in [1.82, 2.24) is 0 Å². The molecule has 0 aliphatic carbocycles. The van der Waals surface area contributed by atoms with Gasteiger partial charge in [-0.25, -0.2) is 0 Å². The number of carbonyl (C=O) groups excluding carboxylic acids is 2. The molecule has 0 spiro atoms. The molecule has 0 saturated carbocycles. The summed E-state index contributed by atoms with van der Waals surface area (Å²) >= 11 is 0. The quantitative estimate of drug-likeness (QED) is 0.720. The van der Waals surface area contributed by atoms with Crippen molar-refractivity contribution in [2.45, 2.75) is 12.8 Å². The van der Waals surface area contributed by atoms with Gasteiger partial charge < -0.3 is 11.5 Å². The van der Waals surface area contributed by atoms with Gasteiger partial charge in [-0.1, -0.05) is 60.7 Å². The fraction of sp³-hybridized carbons (Fsp3) is 0.0909. The number of carbonyl (C=O) groups is 2. The number of benzene rings is 3. The van der Waals surface area contributed by atoms with Gasteiger partial charge in [0.1, 0.15) is 0 Å². The Kier molecular flexibility index (Phi) is 5.13. The standard InChI is InChI=1S/C22H20N2O2/c23-21(25)19-10-3-1-8-17(19)13-15-6-5-7-16(12-15)14-18-9-2-4-11-20(18)22(24)26/h1-12H,13-14H2,(H2,23,25)(H2,24,26). The molecule has 0 aliphatic heterocycles. The maximum absolute atomic E-state index is 11.6. The van der Waals surface area contributed by atoms with Crippen LogP contribution in [0.25, 0.3) is 0 Å². The Morgan fingerprint density at radius 2 is 1.04 bits per heavy atom. The predicted octanol–water partition coefficient (Wildman–Crippen LogP) is 3.07. The van der Waals surface area contributed by atoms with E-state index in [0.717, 1.165) is 22.3 Å². The molecular weight excluding hydrogens is 324 g/mol. The fourth-order valence-electron chi connectivity index (χ4n) is 3.12. The molecule has 4 heteroatoms. The molecule has 26 heavy (non-hydrogen) atoms. The van der Waals surface area contributed by atoms with Crippen LogP contribution >= 0.6 is 0 Å². The summed E-state index contributed by atoms with van der Waals surface area (Å²) in [5.74, 6) is -0.848. The molecule has 0 radical (unpaired) electrons. The Morgan fingerprint density at radius 3 is 1.46 bits per heavy atom. The maximum atomic E-state index is 11.6. The van der Waals surface area contributed by atoms with Crippen LogP contribution in [0.2, 0.25) is 0 Å². The lowest BCUT2D eigenvalue weighted by molar-refractivity contribution is 0.0991. The van der Waals surface area contributed by atoms with Crippen molar-refractivity contribution in [3.8, 4) is 0 Å². The lowest BCUT2D eigenvalue weighted by Crippen LogP contribution is -2.14. The maximum Gasteiger partial charge on any atom is 0.248 e. The smallest absolute Gasteiger partial charge is 0.248 e. The number of hydrogen-bond donors (Lipinski definition) is 2. The van der Waals surface area contributed by atoms with Gasteiger partial charge in [-0.05, 0) is 47.2 Å². The Labute approximate surface area is 152 Å². The normalized spacial score (nSPS) is 10.5. The molecule has 130 valence electrons. The minimum atomic E-state index is -0.424. The Morgan fingerprint density at radius 1 is 0.615 bits per heavy atom. The molecule has 2 amide bonds. The van der Waals surface area contributed by atoms with Gasteiger partial charge >= 0.3 is 0 Å². The fourth-order valence-corrected chi connectivity index (χ4v) is 3.12. The van der Waals surface area contributed by atoms with Gasteiger partial charge in [-0.3, -0.25) is 9.59 Å². The van der Waals surface area contributed by atoms with E-state index in [1.54, 1.807) is 24.3 Å². The van der Waals surface area contributed by atoms with E-state index in [1.807, 2.05) is 42.5 Å². The summed E-state index contributed by atoms with van der Waals surface area (Å²) in [7, 11) is 0. The highest BCUT2D eigenvalue weighted by Crippen LogP contribution is 2.18. The highest BCUT2D eigenvalue weighted by Gasteiger charge is 2.10. The van der Waals surface area contributed by atoms with Gasteiger partial charge in [0.2, 0.25) is 11.8 Å². The van der Waals surface area contributed by atoms with Crippen molar-refractivity contribution in [2.75, 3.05) is 0 Å². The summed E-state index contributed by atoms with van der Waals surface area (Å²) in [4.78, 5) is 23.2. The Bertz CT molecular complexity index is 889. The average molecular weight is 344 g/mol. The largest absolute Gasteiger partial charge is 0.366 e. The van der Waals surface area contributed by atoms with Crippen LogP contribution in [-0.2, 0) is 12.8 Å². The van der Waals surface area contributed by atoms with Crippen molar-refractivity contribution in [3.05, 3.63) is 106 Å². The molecule has 0 unspecified atom stereocenters. The van der Waals surface area contributed by atoms with Gasteiger partial charge in [0.05, 0.1) is 0 Å². The van der Waals surface area contributed by atoms with E-state index in [4.69, 9.17) is 11.5 Å². The summed E-state index contributed by atoms with van der Waals surface area (Å²) in [6.07, 6.45) is 1.23.